The molecule has 2 aromatic rings. The highest BCUT2D eigenvalue weighted by Gasteiger charge is 2.07. The van der Waals surface area contributed by atoms with Crippen molar-refractivity contribution in [1.29, 1.82) is 0 Å². The van der Waals surface area contributed by atoms with Gasteiger partial charge in [-0.05, 0) is 49.1 Å². The predicted molar refractivity (Wildman–Crippen MR) is 73.0 cm³/mol. The van der Waals surface area contributed by atoms with Gasteiger partial charge in [0.15, 0.2) is 0 Å². The summed E-state index contributed by atoms with van der Waals surface area (Å²) in [4.78, 5) is 2.71. The summed E-state index contributed by atoms with van der Waals surface area (Å²) < 4.78 is 0. The maximum absolute atomic E-state index is 6.03. The minimum atomic E-state index is 0.906. The summed E-state index contributed by atoms with van der Waals surface area (Å²) in [6, 6.07) is 8.63. The second-order valence-corrected chi connectivity index (χ2v) is 5.55. The lowest BCUT2D eigenvalue weighted by Crippen LogP contribution is -1.93. The van der Waals surface area contributed by atoms with Crippen LogP contribution in [0.1, 0.15) is 22.2 Å². The topological polar surface area (TPSA) is 26.0 Å². The van der Waals surface area contributed by atoms with Crippen molar-refractivity contribution in [2.24, 2.45) is 0 Å². The fourth-order valence-corrected chi connectivity index (χ4v) is 2.95. The summed E-state index contributed by atoms with van der Waals surface area (Å²) in [6.07, 6.45) is 0.994. The molecule has 0 saturated heterocycles. The summed E-state index contributed by atoms with van der Waals surface area (Å²) in [5.41, 5.74) is 10.7. The maximum Gasteiger partial charge on any atom is 0.0352 e. The minimum Gasteiger partial charge on any atom is -0.398 e. The zero-order valence-corrected chi connectivity index (χ0v) is 10.8. The standard InChI is InChI=1S/C14H17NS/c1-4-11-5-6-12(8-14(11)15)13-7-9(2)16-10(13)3/h5-8H,4,15H2,1-3H3. The number of anilines is 1. The van der Waals surface area contributed by atoms with Gasteiger partial charge in [-0.3, -0.25) is 0 Å². The largest absolute Gasteiger partial charge is 0.398 e. The number of aryl methyl sites for hydroxylation is 3. The van der Waals surface area contributed by atoms with Gasteiger partial charge in [-0.2, -0.15) is 0 Å². The molecule has 2 N–H and O–H groups in total. The van der Waals surface area contributed by atoms with Crippen molar-refractivity contribution in [2.45, 2.75) is 27.2 Å². The van der Waals surface area contributed by atoms with E-state index in [1.807, 2.05) is 11.3 Å². The lowest BCUT2D eigenvalue weighted by atomic mass is 10.0. The van der Waals surface area contributed by atoms with E-state index in [1.54, 1.807) is 0 Å². The summed E-state index contributed by atoms with van der Waals surface area (Å²) in [6.45, 7) is 6.44. The molecule has 1 aromatic carbocycles. The van der Waals surface area contributed by atoms with Crippen molar-refractivity contribution < 1.29 is 0 Å². The molecule has 2 rings (SSSR count). The Bertz CT molecular complexity index is 511. The van der Waals surface area contributed by atoms with Crippen molar-refractivity contribution in [3.63, 3.8) is 0 Å². The Labute approximate surface area is 101 Å². The summed E-state index contributed by atoms with van der Waals surface area (Å²) >= 11 is 1.84. The van der Waals surface area contributed by atoms with Gasteiger partial charge in [0.25, 0.3) is 0 Å². The zero-order chi connectivity index (χ0) is 11.7. The van der Waals surface area contributed by atoms with Crippen molar-refractivity contribution in [3.05, 3.63) is 39.6 Å². The van der Waals surface area contributed by atoms with Gasteiger partial charge in [0.1, 0.15) is 0 Å². The van der Waals surface area contributed by atoms with Crippen LogP contribution in [0.3, 0.4) is 0 Å². The van der Waals surface area contributed by atoms with Crippen LogP contribution >= 0.6 is 11.3 Å². The number of nitrogens with two attached hydrogens (primary N) is 1. The third-order valence-corrected chi connectivity index (χ3v) is 3.84. The molecule has 2 heteroatoms. The van der Waals surface area contributed by atoms with Crippen molar-refractivity contribution in [1.82, 2.24) is 0 Å². The zero-order valence-electron chi connectivity index (χ0n) is 10.0. The van der Waals surface area contributed by atoms with Gasteiger partial charge in [-0.15, -0.1) is 11.3 Å². The first-order valence-corrected chi connectivity index (χ1v) is 6.39. The lowest BCUT2D eigenvalue weighted by molar-refractivity contribution is 1.14. The Morgan fingerprint density at radius 1 is 1.19 bits per heavy atom. The lowest BCUT2D eigenvalue weighted by Gasteiger charge is -2.06. The molecule has 1 heterocycles. The van der Waals surface area contributed by atoms with E-state index in [0.29, 0.717) is 0 Å². The quantitative estimate of drug-likeness (QED) is 0.771. The Kier molecular flexibility index (Phi) is 3.01. The molecule has 0 amide bonds. The van der Waals surface area contributed by atoms with Crippen molar-refractivity contribution >= 4 is 17.0 Å². The van der Waals surface area contributed by atoms with E-state index < -0.39 is 0 Å². The molecule has 0 atom stereocenters. The average Bonchev–Trinajstić information content (AvgIpc) is 2.58. The molecular weight excluding hydrogens is 214 g/mol. The first-order chi connectivity index (χ1) is 7.61. The minimum absolute atomic E-state index is 0.906. The molecule has 1 aromatic heterocycles. The van der Waals surface area contributed by atoms with Crippen LogP contribution in [0, 0.1) is 13.8 Å². The van der Waals surface area contributed by atoms with Gasteiger partial charge in [0.05, 0.1) is 0 Å². The summed E-state index contributed by atoms with van der Waals surface area (Å²) in [5.74, 6) is 0. The Balaban J connectivity index is 2.49. The maximum atomic E-state index is 6.03. The monoisotopic (exact) mass is 231 g/mol. The average molecular weight is 231 g/mol. The van der Waals surface area contributed by atoms with Crippen LogP contribution in [0.2, 0.25) is 0 Å². The molecule has 0 aliphatic carbocycles. The van der Waals surface area contributed by atoms with E-state index in [4.69, 9.17) is 5.73 Å². The molecule has 1 nitrogen and oxygen atoms in total. The van der Waals surface area contributed by atoms with Gasteiger partial charge in [-0.25, -0.2) is 0 Å². The number of nitrogen functional groups attached to an aromatic ring is 1. The Morgan fingerprint density at radius 3 is 2.44 bits per heavy atom. The first-order valence-electron chi connectivity index (χ1n) is 5.57. The molecule has 0 radical (unpaired) electrons. The smallest absolute Gasteiger partial charge is 0.0352 e. The van der Waals surface area contributed by atoms with Crippen molar-refractivity contribution in [3.8, 4) is 11.1 Å². The Hall–Kier alpha value is -1.28. The summed E-state index contributed by atoms with van der Waals surface area (Å²) in [7, 11) is 0. The number of hydrogen-bond acceptors (Lipinski definition) is 2. The van der Waals surface area contributed by atoms with Gasteiger partial charge in [0, 0.05) is 15.4 Å². The molecule has 0 spiro atoms. The van der Waals surface area contributed by atoms with Crippen LogP contribution in [0.4, 0.5) is 5.69 Å². The second-order valence-electron chi connectivity index (χ2n) is 4.09. The third kappa shape index (κ3) is 1.98. The number of hydrogen-bond donors (Lipinski definition) is 1. The fourth-order valence-electron chi connectivity index (χ4n) is 2.00. The van der Waals surface area contributed by atoms with Crippen LogP contribution in [-0.4, -0.2) is 0 Å². The number of benzene rings is 1. The van der Waals surface area contributed by atoms with E-state index in [2.05, 4.69) is 45.0 Å². The second kappa shape index (κ2) is 4.30. The molecular formula is C14H17NS. The van der Waals surface area contributed by atoms with Gasteiger partial charge in [-0.1, -0.05) is 19.1 Å². The highest BCUT2D eigenvalue weighted by atomic mass is 32.1. The van der Waals surface area contributed by atoms with E-state index in [9.17, 15) is 0 Å². The number of thiophene rings is 1. The predicted octanol–water partition coefficient (Wildman–Crippen LogP) is 4.18. The van der Waals surface area contributed by atoms with Crippen molar-refractivity contribution in [2.75, 3.05) is 5.73 Å². The molecule has 0 aliphatic heterocycles. The first kappa shape index (κ1) is 11.2. The van der Waals surface area contributed by atoms with Crippen LogP contribution in [0.5, 0.6) is 0 Å². The molecule has 0 fully saturated rings. The highest BCUT2D eigenvalue weighted by molar-refractivity contribution is 7.12. The normalized spacial score (nSPS) is 10.7. The molecule has 0 bridgehead atoms. The van der Waals surface area contributed by atoms with E-state index in [0.717, 1.165) is 12.1 Å². The number of rotatable bonds is 2. The van der Waals surface area contributed by atoms with Crippen LogP contribution in [0.15, 0.2) is 24.3 Å². The van der Waals surface area contributed by atoms with Gasteiger partial charge >= 0.3 is 0 Å². The van der Waals surface area contributed by atoms with Crippen LogP contribution in [0.25, 0.3) is 11.1 Å². The van der Waals surface area contributed by atoms with E-state index in [-0.39, 0.29) is 0 Å². The highest BCUT2D eigenvalue weighted by Crippen LogP contribution is 2.32. The SMILES string of the molecule is CCc1ccc(-c2cc(C)sc2C)cc1N. The molecule has 84 valence electrons. The van der Waals surface area contributed by atoms with E-state index >= 15 is 0 Å². The molecule has 0 saturated carbocycles. The van der Waals surface area contributed by atoms with Crippen LogP contribution < -0.4 is 5.73 Å². The van der Waals surface area contributed by atoms with Gasteiger partial charge in [0.2, 0.25) is 0 Å². The van der Waals surface area contributed by atoms with Gasteiger partial charge < -0.3 is 5.73 Å². The molecule has 0 unspecified atom stereocenters. The molecule has 0 aliphatic rings. The summed E-state index contributed by atoms with van der Waals surface area (Å²) in [5, 5.41) is 0. The fraction of sp³-hybridized carbons (Fsp3) is 0.286. The molecule has 16 heavy (non-hydrogen) atoms. The van der Waals surface area contributed by atoms with Crippen LogP contribution in [-0.2, 0) is 6.42 Å². The Morgan fingerprint density at radius 2 is 1.94 bits per heavy atom. The third-order valence-electron chi connectivity index (χ3n) is 2.88. The van der Waals surface area contributed by atoms with E-state index in [1.165, 1.54) is 26.4 Å².